The smallest absolute Gasteiger partial charge is 0.0853 e. The van der Waals surface area contributed by atoms with Crippen LogP contribution in [-0.2, 0) is 13.2 Å². The number of pyridine rings is 1. The van der Waals surface area contributed by atoms with E-state index in [-0.39, 0.29) is 6.61 Å². The van der Waals surface area contributed by atoms with Gasteiger partial charge in [0.15, 0.2) is 0 Å². The predicted octanol–water partition coefficient (Wildman–Crippen LogP) is 2.27. The lowest BCUT2D eigenvalue weighted by molar-refractivity contribution is 0.277. The van der Waals surface area contributed by atoms with Crippen LogP contribution >= 0.6 is 11.3 Å². The molecule has 0 radical (unpaired) electrons. The van der Waals surface area contributed by atoms with Crippen LogP contribution in [0.4, 0.5) is 5.69 Å². The van der Waals surface area contributed by atoms with E-state index >= 15 is 0 Å². The van der Waals surface area contributed by atoms with Crippen LogP contribution in [0.5, 0.6) is 0 Å². The van der Waals surface area contributed by atoms with Crippen molar-refractivity contribution >= 4 is 17.0 Å². The van der Waals surface area contributed by atoms with Gasteiger partial charge >= 0.3 is 0 Å². The first-order valence-corrected chi connectivity index (χ1v) is 6.02. The van der Waals surface area contributed by atoms with E-state index in [1.165, 1.54) is 5.56 Å². The van der Waals surface area contributed by atoms with Gasteiger partial charge in [0.1, 0.15) is 0 Å². The number of nitrogens with zero attached hydrogens (tertiary/aromatic N) is 2. The molecule has 0 bridgehead atoms. The van der Waals surface area contributed by atoms with Gasteiger partial charge < -0.3 is 10.0 Å². The van der Waals surface area contributed by atoms with E-state index < -0.39 is 0 Å². The number of anilines is 1. The summed E-state index contributed by atoms with van der Waals surface area (Å²) in [6.07, 6.45) is 1.73. The van der Waals surface area contributed by atoms with E-state index in [1.807, 2.05) is 19.2 Å². The van der Waals surface area contributed by atoms with Crippen LogP contribution < -0.4 is 4.90 Å². The normalized spacial score (nSPS) is 10.4. The number of aromatic nitrogens is 1. The standard InChI is InChI=1S/C12H14N2OS/c1-14(7-10-3-5-16-9-10)12-2-4-13-11(6-12)8-15/h2-6,9,15H,7-8H2,1H3. The highest BCUT2D eigenvalue weighted by atomic mass is 32.1. The minimum absolute atomic E-state index is 0.0138. The lowest BCUT2D eigenvalue weighted by atomic mass is 10.2. The quantitative estimate of drug-likeness (QED) is 0.881. The lowest BCUT2D eigenvalue weighted by Gasteiger charge is -2.18. The van der Waals surface area contributed by atoms with Gasteiger partial charge in [0.2, 0.25) is 0 Å². The van der Waals surface area contributed by atoms with Gasteiger partial charge in [-0.1, -0.05) is 0 Å². The van der Waals surface area contributed by atoms with Gasteiger partial charge in [-0.3, -0.25) is 4.98 Å². The molecule has 0 aliphatic heterocycles. The monoisotopic (exact) mass is 234 g/mol. The average molecular weight is 234 g/mol. The second-order valence-corrected chi connectivity index (χ2v) is 4.43. The van der Waals surface area contributed by atoms with Crippen molar-refractivity contribution in [2.24, 2.45) is 0 Å². The largest absolute Gasteiger partial charge is 0.390 e. The lowest BCUT2D eigenvalue weighted by Crippen LogP contribution is -2.16. The number of hydrogen-bond acceptors (Lipinski definition) is 4. The van der Waals surface area contributed by atoms with Crippen LogP contribution in [0.25, 0.3) is 0 Å². The Labute approximate surface area is 99.0 Å². The SMILES string of the molecule is CN(Cc1ccsc1)c1ccnc(CO)c1. The molecule has 3 nitrogen and oxygen atoms in total. The van der Waals surface area contributed by atoms with E-state index in [2.05, 4.69) is 26.7 Å². The highest BCUT2D eigenvalue weighted by Crippen LogP contribution is 2.17. The molecule has 0 amide bonds. The van der Waals surface area contributed by atoms with Crippen LogP contribution in [0.1, 0.15) is 11.3 Å². The fraction of sp³-hybridized carbons (Fsp3) is 0.250. The Morgan fingerprint density at radius 1 is 1.44 bits per heavy atom. The molecule has 0 aromatic carbocycles. The van der Waals surface area contributed by atoms with Crippen molar-refractivity contribution in [1.82, 2.24) is 4.98 Å². The highest BCUT2D eigenvalue weighted by Gasteiger charge is 2.03. The molecule has 0 saturated heterocycles. The third-order valence-electron chi connectivity index (χ3n) is 2.40. The summed E-state index contributed by atoms with van der Waals surface area (Å²) < 4.78 is 0. The summed E-state index contributed by atoms with van der Waals surface area (Å²) in [6, 6.07) is 5.98. The minimum atomic E-state index is -0.0138. The van der Waals surface area contributed by atoms with Gasteiger partial charge in [-0.2, -0.15) is 11.3 Å². The Balaban J connectivity index is 2.11. The average Bonchev–Trinajstić information content (AvgIpc) is 2.82. The summed E-state index contributed by atoms with van der Waals surface area (Å²) in [5.74, 6) is 0. The maximum atomic E-state index is 9.02. The molecule has 1 N–H and O–H groups in total. The van der Waals surface area contributed by atoms with Crippen LogP contribution in [-0.4, -0.2) is 17.1 Å². The zero-order chi connectivity index (χ0) is 11.4. The molecule has 16 heavy (non-hydrogen) atoms. The molecular formula is C12H14N2OS. The van der Waals surface area contributed by atoms with Crippen molar-refractivity contribution in [1.29, 1.82) is 0 Å². The van der Waals surface area contributed by atoms with Crippen molar-refractivity contribution in [2.45, 2.75) is 13.2 Å². The molecule has 0 aliphatic carbocycles. The first-order valence-electron chi connectivity index (χ1n) is 5.07. The molecule has 0 aliphatic rings. The zero-order valence-corrected chi connectivity index (χ0v) is 9.94. The van der Waals surface area contributed by atoms with E-state index in [0.717, 1.165) is 12.2 Å². The Morgan fingerprint density at radius 2 is 2.31 bits per heavy atom. The van der Waals surface area contributed by atoms with Crippen molar-refractivity contribution < 1.29 is 5.11 Å². The Morgan fingerprint density at radius 3 is 3.00 bits per heavy atom. The van der Waals surface area contributed by atoms with E-state index in [1.54, 1.807) is 17.5 Å². The van der Waals surface area contributed by atoms with E-state index in [4.69, 9.17) is 5.11 Å². The van der Waals surface area contributed by atoms with Gasteiger partial charge in [-0.05, 0) is 34.5 Å². The van der Waals surface area contributed by atoms with Gasteiger partial charge in [0.25, 0.3) is 0 Å². The Hall–Kier alpha value is -1.39. The van der Waals surface area contributed by atoms with Gasteiger partial charge in [-0.15, -0.1) is 0 Å². The molecule has 0 saturated carbocycles. The van der Waals surface area contributed by atoms with E-state index in [0.29, 0.717) is 5.69 Å². The van der Waals surface area contributed by atoms with Gasteiger partial charge in [0.05, 0.1) is 12.3 Å². The number of aliphatic hydroxyl groups is 1. The van der Waals surface area contributed by atoms with Crippen LogP contribution in [0.15, 0.2) is 35.2 Å². The molecule has 0 spiro atoms. The molecule has 2 aromatic rings. The summed E-state index contributed by atoms with van der Waals surface area (Å²) in [5, 5.41) is 13.2. The zero-order valence-electron chi connectivity index (χ0n) is 9.13. The van der Waals surface area contributed by atoms with Crippen LogP contribution in [0.3, 0.4) is 0 Å². The minimum Gasteiger partial charge on any atom is -0.390 e. The molecule has 0 unspecified atom stereocenters. The first-order chi connectivity index (χ1) is 7.79. The molecule has 2 aromatic heterocycles. The number of rotatable bonds is 4. The molecular weight excluding hydrogens is 220 g/mol. The topological polar surface area (TPSA) is 36.4 Å². The highest BCUT2D eigenvalue weighted by molar-refractivity contribution is 7.07. The predicted molar refractivity (Wildman–Crippen MR) is 66.6 cm³/mol. The van der Waals surface area contributed by atoms with Crippen LogP contribution in [0.2, 0.25) is 0 Å². The van der Waals surface area contributed by atoms with Gasteiger partial charge in [0, 0.05) is 25.5 Å². The molecule has 0 atom stereocenters. The molecule has 84 valence electrons. The maximum Gasteiger partial charge on any atom is 0.0853 e. The van der Waals surface area contributed by atoms with Crippen molar-refractivity contribution in [3.63, 3.8) is 0 Å². The maximum absolute atomic E-state index is 9.02. The van der Waals surface area contributed by atoms with Gasteiger partial charge in [-0.25, -0.2) is 0 Å². The first kappa shape index (κ1) is 11.1. The third kappa shape index (κ3) is 2.59. The van der Waals surface area contributed by atoms with E-state index in [9.17, 15) is 0 Å². The fourth-order valence-electron chi connectivity index (χ4n) is 1.54. The summed E-state index contributed by atoms with van der Waals surface area (Å²) >= 11 is 1.71. The Bertz CT molecular complexity index is 442. The second kappa shape index (κ2) is 5.09. The second-order valence-electron chi connectivity index (χ2n) is 3.65. The summed E-state index contributed by atoms with van der Waals surface area (Å²) in [6.45, 7) is 0.860. The van der Waals surface area contributed by atoms with Crippen molar-refractivity contribution in [3.8, 4) is 0 Å². The fourth-order valence-corrected chi connectivity index (χ4v) is 2.20. The third-order valence-corrected chi connectivity index (χ3v) is 3.13. The number of aliphatic hydroxyl groups excluding tert-OH is 1. The molecule has 4 heteroatoms. The molecule has 2 heterocycles. The summed E-state index contributed by atoms with van der Waals surface area (Å²) in [7, 11) is 2.04. The van der Waals surface area contributed by atoms with Crippen molar-refractivity contribution in [3.05, 3.63) is 46.4 Å². The summed E-state index contributed by atoms with van der Waals surface area (Å²) in [5.41, 5.74) is 3.08. The number of thiophene rings is 1. The summed E-state index contributed by atoms with van der Waals surface area (Å²) in [4.78, 5) is 6.20. The Kier molecular flexibility index (Phi) is 3.54. The molecule has 0 fully saturated rings. The van der Waals surface area contributed by atoms with Crippen molar-refractivity contribution in [2.75, 3.05) is 11.9 Å². The van der Waals surface area contributed by atoms with Crippen LogP contribution in [0, 0.1) is 0 Å². The molecule has 2 rings (SSSR count). The number of hydrogen-bond donors (Lipinski definition) is 1.